The molecule has 1 saturated heterocycles. The molecule has 4 heterocycles. The zero-order valence-electron chi connectivity index (χ0n) is 20.8. The topological polar surface area (TPSA) is 102 Å². The Morgan fingerprint density at radius 2 is 2.03 bits per heavy atom. The number of hydrogen-bond acceptors (Lipinski definition) is 8. The Balaban J connectivity index is 1.27. The van der Waals surface area contributed by atoms with Crippen LogP contribution in [0.2, 0.25) is 5.02 Å². The molecular weight excluding hydrogens is 490 g/mol. The lowest BCUT2D eigenvalue weighted by Gasteiger charge is -2.18. The van der Waals surface area contributed by atoms with Crippen LogP contribution in [0.5, 0.6) is 11.5 Å². The Kier molecular flexibility index (Phi) is 6.40. The number of halogens is 1. The van der Waals surface area contributed by atoms with Gasteiger partial charge in [-0.1, -0.05) is 23.7 Å². The number of nitrogen functional groups attached to an aromatic ring is 1. The van der Waals surface area contributed by atoms with Gasteiger partial charge >= 0.3 is 0 Å². The Morgan fingerprint density at radius 3 is 2.86 bits per heavy atom. The number of aromatic nitrogens is 3. The van der Waals surface area contributed by atoms with Crippen molar-refractivity contribution in [3.63, 3.8) is 0 Å². The first-order valence-electron chi connectivity index (χ1n) is 12.6. The number of hydrogen-bond donors (Lipinski definition) is 3. The van der Waals surface area contributed by atoms with Gasteiger partial charge in [0.15, 0.2) is 0 Å². The average molecular weight is 520 g/mol. The molecule has 10 heteroatoms. The molecule has 0 atom stereocenters. The highest BCUT2D eigenvalue weighted by atomic mass is 35.5. The smallest absolute Gasteiger partial charge is 0.227 e. The van der Waals surface area contributed by atoms with Gasteiger partial charge in [0.1, 0.15) is 18.1 Å². The summed E-state index contributed by atoms with van der Waals surface area (Å²) in [5.41, 5.74) is 11.2. The maximum absolute atomic E-state index is 6.59. The van der Waals surface area contributed by atoms with Gasteiger partial charge in [0.05, 0.1) is 53.1 Å². The molecule has 0 bridgehead atoms. The highest BCUT2D eigenvalue weighted by Gasteiger charge is 2.21. The first kappa shape index (κ1) is 23.7. The van der Waals surface area contributed by atoms with E-state index in [1.165, 1.54) is 25.9 Å². The second-order valence-corrected chi connectivity index (χ2v) is 9.77. The highest BCUT2D eigenvalue weighted by molar-refractivity contribution is 6.33. The minimum Gasteiger partial charge on any atom is -0.494 e. The number of ether oxygens (including phenoxy) is 2. The summed E-state index contributed by atoms with van der Waals surface area (Å²) in [7, 11) is 1.63. The minimum absolute atomic E-state index is 0.398. The monoisotopic (exact) mass is 519 g/mol. The number of nitrogens with one attached hydrogen (secondary N) is 2. The summed E-state index contributed by atoms with van der Waals surface area (Å²) in [6.45, 7) is 5.56. The van der Waals surface area contributed by atoms with Crippen LogP contribution in [0.25, 0.3) is 22.2 Å². The number of benzene rings is 2. The Labute approximate surface area is 220 Å². The third-order valence-corrected chi connectivity index (χ3v) is 7.29. The molecule has 4 N–H and O–H groups in total. The molecule has 9 nitrogen and oxygen atoms in total. The van der Waals surface area contributed by atoms with Crippen LogP contribution in [0.15, 0.2) is 42.7 Å². The van der Waals surface area contributed by atoms with E-state index in [4.69, 9.17) is 31.8 Å². The van der Waals surface area contributed by atoms with Crippen LogP contribution in [0.3, 0.4) is 0 Å². The van der Waals surface area contributed by atoms with E-state index in [1.807, 2.05) is 24.3 Å². The molecule has 192 valence electrons. The van der Waals surface area contributed by atoms with Crippen LogP contribution in [-0.4, -0.2) is 59.3 Å². The van der Waals surface area contributed by atoms with E-state index >= 15 is 0 Å². The van der Waals surface area contributed by atoms with E-state index in [0.29, 0.717) is 40.4 Å². The van der Waals surface area contributed by atoms with Crippen molar-refractivity contribution in [1.29, 1.82) is 0 Å². The number of methoxy groups -OCH3 is 1. The van der Waals surface area contributed by atoms with Gasteiger partial charge in [-0.05, 0) is 38.1 Å². The van der Waals surface area contributed by atoms with Gasteiger partial charge in [-0.3, -0.25) is 0 Å². The summed E-state index contributed by atoms with van der Waals surface area (Å²) in [6.07, 6.45) is 6.25. The van der Waals surface area contributed by atoms with Gasteiger partial charge in [0, 0.05) is 36.3 Å². The Bertz CT molecular complexity index is 1450. The lowest BCUT2D eigenvalue weighted by molar-refractivity contribution is 0.287. The van der Waals surface area contributed by atoms with Crippen molar-refractivity contribution >= 4 is 45.5 Å². The zero-order chi connectivity index (χ0) is 25.4. The molecule has 0 saturated carbocycles. The molecule has 6 rings (SSSR count). The second-order valence-electron chi connectivity index (χ2n) is 9.37. The lowest BCUT2D eigenvalue weighted by Crippen LogP contribution is -2.26. The van der Waals surface area contributed by atoms with Crippen LogP contribution in [0, 0.1) is 0 Å². The summed E-state index contributed by atoms with van der Waals surface area (Å²) in [6, 6.07) is 9.78. The van der Waals surface area contributed by atoms with E-state index in [-0.39, 0.29) is 0 Å². The van der Waals surface area contributed by atoms with Crippen LogP contribution >= 0.6 is 11.6 Å². The van der Waals surface area contributed by atoms with Crippen LogP contribution in [-0.2, 0) is 6.54 Å². The van der Waals surface area contributed by atoms with Gasteiger partial charge in [-0.15, -0.1) is 0 Å². The van der Waals surface area contributed by atoms with Gasteiger partial charge in [0.2, 0.25) is 5.95 Å². The maximum atomic E-state index is 6.59. The molecular formula is C27H30ClN7O2. The largest absolute Gasteiger partial charge is 0.494 e. The number of anilines is 4. The van der Waals surface area contributed by atoms with E-state index in [0.717, 1.165) is 47.5 Å². The quantitative estimate of drug-likeness (QED) is 0.280. The third-order valence-electron chi connectivity index (χ3n) is 7.01. The zero-order valence-corrected chi connectivity index (χ0v) is 21.5. The van der Waals surface area contributed by atoms with Crippen molar-refractivity contribution in [2.24, 2.45) is 0 Å². The van der Waals surface area contributed by atoms with Crippen LogP contribution in [0.1, 0.15) is 12.8 Å². The Hall–Kier alpha value is -3.69. The predicted octanol–water partition coefficient (Wildman–Crippen LogP) is 4.99. The number of nitrogens with zero attached hydrogens (tertiary/aromatic N) is 4. The van der Waals surface area contributed by atoms with Crippen molar-refractivity contribution in [2.75, 3.05) is 56.3 Å². The molecule has 0 radical (unpaired) electrons. The molecule has 2 aliphatic heterocycles. The first-order chi connectivity index (χ1) is 18.1. The summed E-state index contributed by atoms with van der Waals surface area (Å²) in [5, 5.41) is 8.22. The van der Waals surface area contributed by atoms with Crippen LogP contribution < -0.4 is 25.8 Å². The van der Waals surface area contributed by atoms with E-state index in [9.17, 15) is 0 Å². The number of para-hydroxylation sites is 1. The number of likely N-dealkylation sites (tertiary alicyclic amines) is 1. The number of nitrogens with two attached hydrogens (primary N) is 1. The molecule has 2 aromatic heterocycles. The molecule has 0 spiro atoms. The summed E-state index contributed by atoms with van der Waals surface area (Å²) in [5.74, 6) is 1.91. The molecule has 1 fully saturated rings. The fourth-order valence-corrected chi connectivity index (χ4v) is 5.36. The van der Waals surface area contributed by atoms with E-state index < -0.39 is 0 Å². The van der Waals surface area contributed by atoms with Crippen molar-refractivity contribution in [2.45, 2.75) is 19.4 Å². The first-order valence-corrected chi connectivity index (χ1v) is 13.0. The Morgan fingerprint density at radius 1 is 1.16 bits per heavy atom. The normalized spacial score (nSPS) is 15.1. The van der Waals surface area contributed by atoms with E-state index in [1.54, 1.807) is 13.3 Å². The molecule has 37 heavy (non-hydrogen) atoms. The van der Waals surface area contributed by atoms with Crippen molar-refractivity contribution in [3.8, 4) is 22.8 Å². The molecule has 0 unspecified atom stereocenters. The standard InChI is InChI=1S/C27H30ClN7O2/c1-36-24-14-21(30-7-10-34-8-2-3-9-34)20(29)13-22(24)32-27-31-15-19(28)25(33-27)18-16-35-11-12-37-23-6-4-5-17(18)26(23)35/h4-6,13-16,30H,2-3,7-12,29H2,1H3,(H,31,32,33). The lowest BCUT2D eigenvalue weighted by atomic mass is 10.1. The van der Waals surface area contributed by atoms with Crippen molar-refractivity contribution in [3.05, 3.63) is 47.7 Å². The molecule has 0 aliphatic carbocycles. The van der Waals surface area contributed by atoms with Crippen molar-refractivity contribution in [1.82, 2.24) is 19.4 Å². The summed E-state index contributed by atoms with van der Waals surface area (Å²) in [4.78, 5) is 11.7. The van der Waals surface area contributed by atoms with Gasteiger partial charge < -0.3 is 35.3 Å². The fourth-order valence-electron chi connectivity index (χ4n) is 5.17. The van der Waals surface area contributed by atoms with E-state index in [2.05, 4.69) is 37.3 Å². The van der Waals surface area contributed by atoms with Gasteiger partial charge in [0.25, 0.3) is 0 Å². The highest BCUT2D eigenvalue weighted by Crippen LogP contribution is 2.40. The maximum Gasteiger partial charge on any atom is 0.227 e. The second kappa shape index (κ2) is 9.99. The minimum atomic E-state index is 0.398. The molecule has 4 aromatic rings. The SMILES string of the molecule is COc1cc(NCCN2CCCC2)c(N)cc1Nc1ncc(Cl)c(-c2cn3c4c(cccc24)OCC3)n1. The van der Waals surface area contributed by atoms with Crippen molar-refractivity contribution < 1.29 is 9.47 Å². The van der Waals surface area contributed by atoms with Gasteiger partial charge in [-0.25, -0.2) is 9.97 Å². The summed E-state index contributed by atoms with van der Waals surface area (Å²) >= 11 is 6.59. The number of rotatable bonds is 8. The molecule has 2 aliphatic rings. The molecule has 0 amide bonds. The average Bonchev–Trinajstić information content (AvgIpc) is 3.56. The van der Waals surface area contributed by atoms with Gasteiger partial charge in [-0.2, -0.15) is 0 Å². The molecule has 2 aromatic carbocycles. The van der Waals surface area contributed by atoms with Crippen LogP contribution in [0.4, 0.5) is 23.0 Å². The fraction of sp³-hybridized carbons (Fsp3) is 0.333. The summed E-state index contributed by atoms with van der Waals surface area (Å²) < 4.78 is 13.7. The predicted molar refractivity (Wildman–Crippen MR) is 148 cm³/mol. The third kappa shape index (κ3) is 4.60.